The predicted molar refractivity (Wildman–Crippen MR) is 119 cm³/mol. The van der Waals surface area contributed by atoms with Gasteiger partial charge in [-0.05, 0) is 62.8 Å². The second-order valence-corrected chi connectivity index (χ2v) is 7.03. The lowest BCUT2D eigenvalue weighted by molar-refractivity contribution is 0.625. The zero-order valence-corrected chi connectivity index (χ0v) is 18.8. The van der Waals surface area contributed by atoms with Gasteiger partial charge in [-0.1, -0.05) is 6.07 Å². The lowest BCUT2D eigenvalue weighted by atomic mass is 10.1. The normalized spacial score (nSPS) is 11.2. The van der Waals surface area contributed by atoms with Crippen molar-refractivity contribution in [1.82, 2.24) is 15.6 Å². The van der Waals surface area contributed by atoms with Crippen LogP contribution in [0, 0.1) is 19.7 Å². The van der Waals surface area contributed by atoms with Crippen molar-refractivity contribution in [3.63, 3.8) is 0 Å². The second-order valence-electron chi connectivity index (χ2n) is 6.09. The first-order valence-corrected chi connectivity index (χ1v) is 9.57. The molecule has 2 N–H and O–H groups in total. The van der Waals surface area contributed by atoms with Gasteiger partial charge in [-0.3, -0.25) is 4.99 Å². The Kier molecular flexibility index (Phi) is 10.7. The molecule has 0 saturated carbocycles. The van der Waals surface area contributed by atoms with Gasteiger partial charge in [0.05, 0.1) is 5.01 Å². The molecule has 2 rings (SSSR count). The summed E-state index contributed by atoms with van der Waals surface area (Å²) in [5, 5.41) is 9.96. The highest BCUT2D eigenvalue weighted by Gasteiger charge is 2.02. The van der Waals surface area contributed by atoms with Crippen LogP contribution in [0.4, 0.5) is 4.39 Å². The quantitative estimate of drug-likeness (QED) is 0.252. The highest BCUT2D eigenvalue weighted by atomic mass is 127. The predicted octanol–water partition coefficient (Wildman–Crippen LogP) is 4.25. The third kappa shape index (κ3) is 7.99. The number of aromatic nitrogens is 1. The molecule has 0 amide bonds. The van der Waals surface area contributed by atoms with Crippen molar-refractivity contribution in [1.29, 1.82) is 0 Å². The van der Waals surface area contributed by atoms with Crippen LogP contribution in [-0.2, 0) is 12.8 Å². The van der Waals surface area contributed by atoms with Crippen LogP contribution in [-0.4, -0.2) is 31.1 Å². The van der Waals surface area contributed by atoms with E-state index in [0.717, 1.165) is 61.6 Å². The maximum Gasteiger partial charge on any atom is 0.190 e. The van der Waals surface area contributed by atoms with Crippen LogP contribution in [0.15, 0.2) is 28.6 Å². The van der Waals surface area contributed by atoms with Gasteiger partial charge in [-0.2, -0.15) is 0 Å². The van der Waals surface area contributed by atoms with Gasteiger partial charge in [-0.15, -0.1) is 35.3 Å². The number of aliphatic imine (C=N–C) groups is 1. The summed E-state index contributed by atoms with van der Waals surface area (Å²) in [5.41, 5.74) is 3.25. The number of guanidine groups is 1. The smallest absolute Gasteiger partial charge is 0.190 e. The van der Waals surface area contributed by atoms with Gasteiger partial charge in [0.25, 0.3) is 0 Å². The third-order valence-electron chi connectivity index (χ3n) is 3.99. The molecule has 0 saturated heterocycles. The van der Waals surface area contributed by atoms with Crippen molar-refractivity contribution in [2.45, 2.75) is 39.5 Å². The molecule has 1 heterocycles. The second kappa shape index (κ2) is 12.2. The van der Waals surface area contributed by atoms with Crippen molar-refractivity contribution < 1.29 is 4.39 Å². The fourth-order valence-corrected chi connectivity index (χ4v) is 3.42. The van der Waals surface area contributed by atoms with Gasteiger partial charge in [0.1, 0.15) is 5.82 Å². The van der Waals surface area contributed by atoms with E-state index in [0.29, 0.717) is 0 Å². The molecular formula is C19H28FIN4S. The molecule has 7 heteroatoms. The maximum atomic E-state index is 13.1. The molecule has 0 radical (unpaired) electrons. The minimum Gasteiger partial charge on any atom is -0.356 e. The molecule has 144 valence electrons. The zero-order chi connectivity index (χ0) is 18.1. The average Bonchev–Trinajstić information content (AvgIpc) is 3.00. The number of aryl methyl sites for hydroxylation is 3. The molecule has 0 aliphatic rings. The van der Waals surface area contributed by atoms with Crippen LogP contribution < -0.4 is 10.6 Å². The Hall–Kier alpha value is -1.22. The molecule has 0 aliphatic heterocycles. The van der Waals surface area contributed by atoms with Gasteiger partial charge >= 0.3 is 0 Å². The monoisotopic (exact) mass is 490 g/mol. The number of unbranched alkanes of at least 4 members (excludes halogenated alkanes) is 1. The Morgan fingerprint density at radius 3 is 2.58 bits per heavy atom. The molecule has 26 heavy (non-hydrogen) atoms. The summed E-state index contributed by atoms with van der Waals surface area (Å²) in [4.78, 5) is 8.72. The highest BCUT2D eigenvalue weighted by molar-refractivity contribution is 14.0. The van der Waals surface area contributed by atoms with Crippen molar-refractivity contribution >= 4 is 41.3 Å². The van der Waals surface area contributed by atoms with E-state index in [4.69, 9.17) is 0 Å². The molecule has 0 unspecified atom stereocenters. The maximum absolute atomic E-state index is 13.1. The molecule has 0 bridgehead atoms. The number of nitrogens with zero attached hydrogens (tertiary/aromatic N) is 2. The van der Waals surface area contributed by atoms with E-state index in [9.17, 15) is 4.39 Å². The average molecular weight is 490 g/mol. The lowest BCUT2D eigenvalue weighted by Gasteiger charge is -2.12. The van der Waals surface area contributed by atoms with Gasteiger partial charge < -0.3 is 10.6 Å². The summed E-state index contributed by atoms with van der Waals surface area (Å²) in [5.74, 6) is 0.629. The van der Waals surface area contributed by atoms with Gasteiger partial charge in [0.2, 0.25) is 0 Å². The van der Waals surface area contributed by atoms with Gasteiger partial charge in [-0.25, -0.2) is 9.37 Å². The number of hydrogen-bond donors (Lipinski definition) is 2. The zero-order valence-electron chi connectivity index (χ0n) is 15.6. The number of nitrogens with one attached hydrogen (secondary N) is 2. The summed E-state index contributed by atoms with van der Waals surface area (Å²) in [6.45, 7) is 5.63. The first-order valence-electron chi connectivity index (χ1n) is 8.69. The Balaban J connectivity index is 0.00000338. The van der Waals surface area contributed by atoms with Crippen molar-refractivity contribution in [3.8, 4) is 0 Å². The van der Waals surface area contributed by atoms with E-state index in [1.165, 1.54) is 11.1 Å². The Labute approximate surface area is 176 Å². The summed E-state index contributed by atoms with van der Waals surface area (Å²) in [6.07, 6.45) is 4.08. The first-order chi connectivity index (χ1) is 12.1. The van der Waals surface area contributed by atoms with Crippen molar-refractivity contribution in [2.24, 2.45) is 4.99 Å². The van der Waals surface area contributed by atoms with Crippen LogP contribution in [0.5, 0.6) is 0 Å². The molecule has 0 fully saturated rings. The van der Waals surface area contributed by atoms with Gasteiger partial charge in [0, 0.05) is 31.2 Å². The minimum absolute atomic E-state index is 0. The van der Waals surface area contributed by atoms with E-state index in [1.807, 2.05) is 19.9 Å². The molecule has 1 aromatic heterocycles. The van der Waals surface area contributed by atoms with Crippen molar-refractivity contribution in [3.05, 3.63) is 51.2 Å². The number of rotatable bonds is 8. The fraction of sp³-hybridized carbons (Fsp3) is 0.474. The molecule has 0 atom stereocenters. The molecule has 0 spiro atoms. The topological polar surface area (TPSA) is 49.3 Å². The summed E-state index contributed by atoms with van der Waals surface area (Å²) in [6, 6.07) is 4.94. The fourth-order valence-electron chi connectivity index (χ4n) is 2.60. The lowest BCUT2D eigenvalue weighted by Crippen LogP contribution is -2.38. The van der Waals surface area contributed by atoms with Crippen LogP contribution in [0.3, 0.4) is 0 Å². The van der Waals surface area contributed by atoms with E-state index in [1.54, 1.807) is 24.5 Å². The van der Waals surface area contributed by atoms with E-state index < -0.39 is 0 Å². The van der Waals surface area contributed by atoms with E-state index in [2.05, 4.69) is 26.0 Å². The van der Waals surface area contributed by atoms with Crippen LogP contribution in [0.25, 0.3) is 0 Å². The van der Waals surface area contributed by atoms with E-state index in [-0.39, 0.29) is 29.8 Å². The number of thiazole rings is 1. The summed E-state index contributed by atoms with van der Waals surface area (Å²) >= 11 is 1.74. The number of benzene rings is 1. The van der Waals surface area contributed by atoms with Crippen LogP contribution in [0.1, 0.15) is 34.7 Å². The van der Waals surface area contributed by atoms with Crippen molar-refractivity contribution in [2.75, 3.05) is 20.1 Å². The Bertz CT molecular complexity index is 703. The SMILES string of the molecule is CN=C(NCCCCc1nc(C)cs1)NCCc1ccc(F)cc1C.I. The molecule has 4 nitrogen and oxygen atoms in total. The van der Waals surface area contributed by atoms with E-state index >= 15 is 0 Å². The summed E-state index contributed by atoms with van der Waals surface area (Å²) < 4.78 is 13.1. The largest absolute Gasteiger partial charge is 0.356 e. The standard InChI is InChI=1S/C19H27FN4S.HI/c1-14-12-17(20)8-7-16(14)9-11-23-19(21-3)22-10-5-4-6-18-24-15(2)13-25-18;/h7-8,12-13H,4-6,9-11H2,1-3H3,(H2,21,22,23);1H. The summed E-state index contributed by atoms with van der Waals surface area (Å²) in [7, 11) is 1.77. The third-order valence-corrected chi connectivity index (χ3v) is 5.02. The Morgan fingerprint density at radius 2 is 1.92 bits per heavy atom. The van der Waals surface area contributed by atoms with Gasteiger partial charge in [0.15, 0.2) is 5.96 Å². The minimum atomic E-state index is -0.181. The first kappa shape index (κ1) is 22.8. The highest BCUT2D eigenvalue weighted by Crippen LogP contribution is 2.11. The molecular weight excluding hydrogens is 462 g/mol. The van der Waals surface area contributed by atoms with Crippen LogP contribution >= 0.6 is 35.3 Å². The number of hydrogen-bond acceptors (Lipinski definition) is 3. The number of halogens is 2. The molecule has 0 aliphatic carbocycles. The molecule has 2 aromatic rings. The Morgan fingerprint density at radius 1 is 1.15 bits per heavy atom. The van der Waals surface area contributed by atoms with Crippen LogP contribution in [0.2, 0.25) is 0 Å². The molecule has 1 aromatic carbocycles.